The monoisotopic (exact) mass is 353 g/mol. The van der Waals surface area contributed by atoms with Crippen LogP contribution in [0.15, 0.2) is 34.9 Å². The third kappa shape index (κ3) is 5.62. The molecule has 1 aliphatic rings. The Hall–Kier alpha value is -1.92. The van der Waals surface area contributed by atoms with E-state index in [-0.39, 0.29) is 24.1 Å². The molecule has 1 fully saturated rings. The highest BCUT2D eigenvalue weighted by atomic mass is 35.5. The number of aromatic nitrogens is 1. The van der Waals surface area contributed by atoms with Gasteiger partial charge in [-0.2, -0.15) is 0 Å². The van der Waals surface area contributed by atoms with E-state index in [0.717, 1.165) is 23.7 Å². The second-order valence-corrected chi connectivity index (χ2v) is 5.83. The summed E-state index contributed by atoms with van der Waals surface area (Å²) >= 11 is 0. The number of benzene rings is 1. The fourth-order valence-corrected chi connectivity index (χ4v) is 2.25. The first-order valence-corrected chi connectivity index (χ1v) is 7.88. The molecule has 1 amide bonds. The van der Waals surface area contributed by atoms with Crippen LogP contribution in [0, 0.1) is 11.7 Å². The number of carbonyl (C=O) groups is 1. The maximum Gasteiger partial charge on any atom is 0.233 e. The van der Waals surface area contributed by atoms with Gasteiger partial charge in [0.15, 0.2) is 0 Å². The number of rotatable bonds is 8. The van der Waals surface area contributed by atoms with E-state index in [0.29, 0.717) is 25.4 Å². The van der Waals surface area contributed by atoms with Crippen LogP contribution in [0.3, 0.4) is 0 Å². The number of nitrogens with one attached hydrogen (secondary N) is 2. The molecule has 1 saturated carbocycles. The number of hydrogen-bond donors (Lipinski definition) is 2. The highest BCUT2D eigenvalue weighted by molar-refractivity contribution is 5.85. The summed E-state index contributed by atoms with van der Waals surface area (Å²) in [6, 6.07) is 5.98. The molecule has 1 aromatic carbocycles. The molecule has 0 bridgehead atoms. The number of halogens is 2. The average molecular weight is 354 g/mol. The van der Waals surface area contributed by atoms with E-state index in [1.807, 2.05) is 0 Å². The number of amides is 1. The number of nitrogens with zero attached hydrogens (tertiary/aromatic N) is 1. The summed E-state index contributed by atoms with van der Waals surface area (Å²) in [5, 5.41) is 6.00. The molecule has 1 aromatic heterocycles. The molecular weight excluding hydrogens is 333 g/mol. The van der Waals surface area contributed by atoms with Crippen LogP contribution in [-0.2, 0) is 11.2 Å². The third-order valence-corrected chi connectivity index (χ3v) is 3.76. The summed E-state index contributed by atoms with van der Waals surface area (Å²) < 4.78 is 18.3. The van der Waals surface area contributed by atoms with Crippen LogP contribution in [-0.4, -0.2) is 30.5 Å². The molecule has 0 atom stereocenters. The fraction of sp³-hybridized carbons (Fsp3) is 0.412. The lowest BCUT2D eigenvalue weighted by Crippen LogP contribution is -2.35. The normalized spacial score (nSPS) is 13.4. The Morgan fingerprint density at radius 2 is 2.04 bits per heavy atom. The van der Waals surface area contributed by atoms with E-state index in [9.17, 15) is 9.18 Å². The molecule has 0 saturated heterocycles. The van der Waals surface area contributed by atoms with Gasteiger partial charge in [0.05, 0.1) is 12.2 Å². The predicted molar refractivity (Wildman–Crippen MR) is 91.5 cm³/mol. The summed E-state index contributed by atoms with van der Waals surface area (Å²) in [6.07, 6.45) is 4.71. The topological polar surface area (TPSA) is 67.2 Å². The van der Waals surface area contributed by atoms with E-state index in [4.69, 9.17) is 4.42 Å². The lowest BCUT2D eigenvalue weighted by Gasteiger charge is -2.05. The molecule has 2 N–H and O–H groups in total. The van der Waals surface area contributed by atoms with E-state index < -0.39 is 0 Å². The first-order chi connectivity index (χ1) is 11.2. The van der Waals surface area contributed by atoms with Crippen molar-refractivity contribution < 1.29 is 13.6 Å². The van der Waals surface area contributed by atoms with Crippen molar-refractivity contribution in [3.05, 3.63) is 42.0 Å². The van der Waals surface area contributed by atoms with Crippen LogP contribution in [0.4, 0.5) is 4.39 Å². The minimum Gasteiger partial charge on any atom is -0.444 e. The number of oxazole rings is 1. The summed E-state index contributed by atoms with van der Waals surface area (Å²) in [5.74, 6) is 0.923. The lowest BCUT2D eigenvalue weighted by atomic mass is 10.2. The van der Waals surface area contributed by atoms with Crippen molar-refractivity contribution in [2.75, 3.05) is 19.6 Å². The van der Waals surface area contributed by atoms with Gasteiger partial charge in [-0.15, -0.1) is 12.4 Å². The van der Waals surface area contributed by atoms with Gasteiger partial charge in [0.25, 0.3) is 0 Å². The van der Waals surface area contributed by atoms with Crippen molar-refractivity contribution in [3.8, 4) is 11.5 Å². The molecule has 5 nitrogen and oxygen atoms in total. The Morgan fingerprint density at radius 3 is 2.75 bits per heavy atom. The predicted octanol–water partition coefficient (Wildman–Crippen LogP) is 2.56. The number of hydrogen-bond acceptors (Lipinski definition) is 4. The Kier molecular flexibility index (Phi) is 6.75. The van der Waals surface area contributed by atoms with Gasteiger partial charge in [0.2, 0.25) is 11.8 Å². The van der Waals surface area contributed by atoms with Crippen molar-refractivity contribution >= 4 is 18.3 Å². The molecular formula is C17H21ClFN3O2. The summed E-state index contributed by atoms with van der Waals surface area (Å²) in [4.78, 5) is 16.0. The zero-order valence-electron chi connectivity index (χ0n) is 13.3. The van der Waals surface area contributed by atoms with Crippen LogP contribution >= 0.6 is 12.4 Å². The van der Waals surface area contributed by atoms with Gasteiger partial charge in [-0.3, -0.25) is 4.79 Å². The molecule has 1 heterocycles. The summed E-state index contributed by atoms with van der Waals surface area (Å²) in [7, 11) is 0. The Balaban J connectivity index is 0.00000208. The van der Waals surface area contributed by atoms with Gasteiger partial charge in [-0.25, -0.2) is 9.37 Å². The highest BCUT2D eigenvalue weighted by Crippen LogP contribution is 2.27. The van der Waals surface area contributed by atoms with E-state index in [2.05, 4.69) is 15.6 Å². The summed E-state index contributed by atoms with van der Waals surface area (Å²) in [5.41, 5.74) is 1.49. The van der Waals surface area contributed by atoms with Crippen LogP contribution in [0.1, 0.15) is 18.5 Å². The Bertz CT molecular complexity index is 656. The SMILES string of the molecule is Cl.O=C(CNCC1CC1)NCCc1coc(-c2ccc(F)cc2)n1. The Morgan fingerprint density at radius 1 is 1.29 bits per heavy atom. The quantitative estimate of drug-likeness (QED) is 0.765. The maximum atomic E-state index is 12.9. The maximum absolute atomic E-state index is 12.9. The van der Waals surface area contributed by atoms with Crippen LogP contribution in [0.2, 0.25) is 0 Å². The lowest BCUT2D eigenvalue weighted by molar-refractivity contribution is -0.120. The molecule has 0 aliphatic heterocycles. The Labute approximate surface area is 146 Å². The second-order valence-electron chi connectivity index (χ2n) is 5.83. The van der Waals surface area contributed by atoms with Crippen LogP contribution in [0.5, 0.6) is 0 Å². The standard InChI is InChI=1S/C17H20FN3O2.ClH/c18-14-5-3-13(4-6-14)17-21-15(11-23-17)7-8-20-16(22)10-19-9-12-1-2-12;/h3-6,11-12,19H,1-2,7-10H2,(H,20,22);1H. The zero-order chi connectivity index (χ0) is 16.1. The molecule has 1 aliphatic carbocycles. The van der Waals surface area contributed by atoms with Gasteiger partial charge in [-0.1, -0.05) is 0 Å². The average Bonchev–Trinajstić information content (AvgIpc) is 3.25. The largest absolute Gasteiger partial charge is 0.444 e. The smallest absolute Gasteiger partial charge is 0.233 e. The van der Waals surface area contributed by atoms with Gasteiger partial charge in [0, 0.05) is 18.5 Å². The molecule has 7 heteroatoms. The third-order valence-electron chi connectivity index (χ3n) is 3.76. The van der Waals surface area contributed by atoms with E-state index in [1.54, 1.807) is 18.4 Å². The van der Waals surface area contributed by atoms with Crippen LogP contribution in [0.25, 0.3) is 11.5 Å². The molecule has 24 heavy (non-hydrogen) atoms. The molecule has 130 valence electrons. The minimum atomic E-state index is -0.293. The van der Waals surface area contributed by atoms with Gasteiger partial charge < -0.3 is 15.1 Å². The highest BCUT2D eigenvalue weighted by Gasteiger charge is 2.20. The summed E-state index contributed by atoms with van der Waals surface area (Å²) in [6.45, 7) is 1.80. The van der Waals surface area contributed by atoms with Crippen molar-refractivity contribution in [2.24, 2.45) is 5.92 Å². The molecule has 2 aromatic rings. The molecule has 0 radical (unpaired) electrons. The van der Waals surface area contributed by atoms with Crippen molar-refractivity contribution in [3.63, 3.8) is 0 Å². The van der Waals surface area contributed by atoms with E-state index in [1.165, 1.54) is 25.0 Å². The molecule has 0 unspecified atom stereocenters. The van der Waals surface area contributed by atoms with Crippen molar-refractivity contribution in [1.29, 1.82) is 0 Å². The van der Waals surface area contributed by atoms with Crippen molar-refractivity contribution in [1.82, 2.24) is 15.6 Å². The van der Waals surface area contributed by atoms with Crippen molar-refractivity contribution in [2.45, 2.75) is 19.3 Å². The first-order valence-electron chi connectivity index (χ1n) is 7.88. The number of carbonyl (C=O) groups excluding carboxylic acids is 1. The minimum absolute atomic E-state index is 0. The van der Waals surface area contributed by atoms with Crippen LogP contribution < -0.4 is 10.6 Å². The molecule has 0 spiro atoms. The second kappa shape index (κ2) is 8.80. The van der Waals surface area contributed by atoms with E-state index >= 15 is 0 Å². The van der Waals surface area contributed by atoms with Gasteiger partial charge in [0.1, 0.15) is 12.1 Å². The first kappa shape index (κ1) is 18.4. The zero-order valence-corrected chi connectivity index (χ0v) is 14.1. The van der Waals surface area contributed by atoms with Gasteiger partial charge in [-0.05, 0) is 49.6 Å². The fourth-order valence-electron chi connectivity index (χ4n) is 2.25. The molecule has 3 rings (SSSR count). The van der Waals surface area contributed by atoms with Gasteiger partial charge >= 0.3 is 0 Å².